The summed E-state index contributed by atoms with van der Waals surface area (Å²) in [4.78, 5) is 29.3. The van der Waals surface area contributed by atoms with Gasteiger partial charge in [-0.3, -0.25) is 9.59 Å². The first-order chi connectivity index (χ1) is 18.9. The van der Waals surface area contributed by atoms with Crippen LogP contribution in [0.1, 0.15) is 62.6 Å². The largest absolute Gasteiger partial charge is 0.481 e. The molecule has 3 unspecified atom stereocenters. The topological polar surface area (TPSA) is 60.9 Å². The number of alkyl halides is 4. The zero-order valence-electron chi connectivity index (χ0n) is 22.9. The maximum Gasteiger partial charge on any atom is 0.426 e. The van der Waals surface area contributed by atoms with Gasteiger partial charge in [-0.05, 0) is 69.6 Å². The molecule has 0 radical (unpaired) electrons. The zero-order chi connectivity index (χ0) is 28.9. The summed E-state index contributed by atoms with van der Waals surface area (Å²) in [5.74, 6) is -1.43. The Balaban J connectivity index is 1.55. The summed E-state index contributed by atoms with van der Waals surface area (Å²) in [5.41, 5.74) is -1.95. The molecule has 0 spiro atoms. The summed E-state index contributed by atoms with van der Waals surface area (Å²) >= 11 is 0. The lowest BCUT2D eigenvalue weighted by Gasteiger charge is -2.49. The molecule has 2 aliphatic heterocycles. The molecule has 1 saturated heterocycles. The van der Waals surface area contributed by atoms with Crippen LogP contribution in [-0.2, 0) is 27.1 Å². The Kier molecular flexibility index (Phi) is 7.38. The Morgan fingerprint density at radius 1 is 1.00 bits per heavy atom. The highest BCUT2D eigenvalue weighted by atomic mass is 19.4. The Morgan fingerprint density at radius 2 is 1.65 bits per heavy atom. The number of halogens is 4. The number of carboxylic acids is 1. The summed E-state index contributed by atoms with van der Waals surface area (Å²) in [7, 11) is 0. The van der Waals surface area contributed by atoms with Crippen molar-refractivity contribution in [2.75, 3.05) is 24.5 Å². The summed E-state index contributed by atoms with van der Waals surface area (Å²) in [6.45, 7) is 3.91. The number of fused-ring (bicyclic) bond motifs is 3. The van der Waals surface area contributed by atoms with E-state index >= 15 is 4.39 Å². The number of carbonyl (C=O) groups excluding carboxylic acids is 1. The van der Waals surface area contributed by atoms with Gasteiger partial charge in [-0.25, -0.2) is 4.39 Å². The van der Waals surface area contributed by atoms with Crippen LogP contribution in [0.15, 0.2) is 48.5 Å². The number of likely N-dealkylation sites (tertiary alicyclic amines) is 1. The summed E-state index contributed by atoms with van der Waals surface area (Å²) in [6.07, 6.45) is -1.78. The fourth-order valence-corrected chi connectivity index (χ4v) is 7.15. The minimum atomic E-state index is -5.05. The van der Waals surface area contributed by atoms with Gasteiger partial charge in [0.15, 0.2) is 0 Å². The normalized spacial score (nSPS) is 28.0. The number of amides is 1. The molecule has 0 aromatic heterocycles. The molecular formula is C31H36F4N2O3. The van der Waals surface area contributed by atoms with Crippen molar-refractivity contribution in [1.29, 1.82) is 0 Å². The first-order valence-corrected chi connectivity index (χ1v) is 14.1. The molecule has 2 fully saturated rings. The molecule has 2 aromatic rings. The van der Waals surface area contributed by atoms with Crippen molar-refractivity contribution in [3.8, 4) is 0 Å². The number of benzene rings is 2. The van der Waals surface area contributed by atoms with Crippen molar-refractivity contribution in [2.24, 2.45) is 11.8 Å². The van der Waals surface area contributed by atoms with E-state index in [9.17, 15) is 27.9 Å². The molecule has 216 valence electrons. The molecule has 2 heterocycles. The van der Waals surface area contributed by atoms with Gasteiger partial charge in [0.2, 0.25) is 11.6 Å². The van der Waals surface area contributed by atoms with E-state index in [1.54, 1.807) is 6.07 Å². The van der Waals surface area contributed by atoms with Crippen LogP contribution >= 0.6 is 0 Å². The highest BCUT2D eigenvalue weighted by Crippen LogP contribution is 2.52. The van der Waals surface area contributed by atoms with E-state index in [0.717, 1.165) is 11.1 Å². The predicted octanol–water partition coefficient (Wildman–Crippen LogP) is 6.25. The fraction of sp³-hybridized carbons (Fsp3) is 0.548. The van der Waals surface area contributed by atoms with Gasteiger partial charge in [0, 0.05) is 42.2 Å². The van der Waals surface area contributed by atoms with Gasteiger partial charge >= 0.3 is 12.1 Å². The van der Waals surface area contributed by atoms with E-state index < -0.39 is 34.7 Å². The number of aliphatic carboxylic acids is 1. The van der Waals surface area contributed by atoms with Crippen LogP contribution < -0.4 is 4.90 Å². The van der Waals surface area contributed by atoms with Crippen molar-refractivity contribution < 1.29 is 32.3 Å². The predicted molar refractivity (Wildman–Crippen MR) is 144 cm³/mol. The number of carbonyl (C=O) groups is 2. The lowest BCUT2D eigenvalue weighted by Crippen LogP contribution is -2.57. The molecule has 3 atom stereocenters. The first kappa shape index (κ1) is 28.4. The number of hydrogen-bond donors (Lipinski definition) is 1. The molecular weight excluding hydrogens is 524 g/mol. The third-order valence-electron chi connectivity index (χ3n) is 9.61. The molecule has 0 bridgehead atoms. The lowest BCUT2D eigenvalue weighted by atomic mass is 9.66. The van der Waals surface area contributed by atoms with Gasteiger partial charge in [0.1, 0.15) is 0 Å². The average Bonchev–Trinajstić information content (AvgIpc) is 3.30. The number of likely N-dealkylation sites (N-methyl/N-ethyl adjacent to an activating group) is 1. The van der Waals surface area contributed by atoms with Gasteiger partial charge in [0.25, 0.3) is 0 Å². The van der Waals surface area contributed by atoms with Crippen LogP contribution in [0, 0.1) is 11.8 Å². The lowest BCUT2D eigenvalue weighted by molar-refractivity contribution is -0.228. The molecule has 2 aromatic carbocycles. The van der Waals surface area contributed by atoms with E-state index in [1.165, 1.54) is 12.1 Å². The molecule has 1 aliphatic carbocycles. The van der Waals surface area contributed by atoms with Gasteiger partial charge in [-0.1, -0.05) is 42.5 Å². The monoisotopic (exact) mass is 560 g/mol. The van der Waals surface area contributed by atoms with Gasteiger partial charge in [-0.2, -0.15) is 13.2 Å². The Morgan fingerprint density at radius 3 is 2.25 bits per heavy atom. The summed E-state index contributed by atoms with van der Waals surface area (Å²) < 4.78 is 55.9. The smallest absolute Gasteiger partial charge is 0.426 e. The standard InChI is InChI=1S/C31H36F4N2O3/c1-3-36-19-26-30(18-20-7-5-4-6-8-20,24-14-13-23(17-25(24)36)29(2,32)31(33,34)35)15-16-37(26)27(38)21-9-11-22(12-10-21)28(39)40/h4-8,13-14,17,21-22,26H,3,9-12,15-16,18-19H2,1-2H3,(H,39,40). The molecule has 5 nitrogen and oxygen atoms in total. The van der Waals surface area contributed by atoms with Crippen LogP contribution in [0.5, 0.6) is 0 Å². The third kappa shape index (κ3) is 4.75. The number of anilines is 1. The minimum Gasteiger partial charge on any atom is -0.481 e. The Bertz CT molecular complexity index is 1260. The second-order valence-corrected chi connectivity index (χ2v) is 11.8. The third-order valence-corrected chi connectivity index (χ3v) is 9.61. The van der Waals surface area contributed by atoms with E-state index in [4.69, 9.17) is 0 Å². The van der Waals surface area contributed by atoms with Gasteiger partial charge < -0.3 is 14.9 Å². The van der Waals surface area contributed by atoms with E-state index in [2.05, 4.69) is 0 Å². The molecule has 40 heavy (non-hydrogen) atoms. The Hall–Kier alpha value is -3.10. The van der Waals surface area contributed by atoms with Crippen LogP contribution in [0.3, 0.4) is 0 Å². The molecule has 1 amide bonds. The summed E-state index contributed by atoms with van der Waals surface area (Å²) in [5, 5.41) is 9.38. The van der Waals surface area contributed by atoms with Crippen molar-refractivity contribution >= 4 is 17.6 Å². The average molecular weight is 561 g/mol. The molecule has 3 aliphatic rings. The molecule has 1 N–H and O–H groups in total. The molecule has 9 heteroatoms. The van der Waals surface area contributed by atoms with Crippen molar-refractivity contribution in [1.82, 2.24) is 4.90 Å². The maximum absolute atomic E-state index is 15.1. The number of nitrogens with zero attached hydrogens (tertiary/aromatic N) is 2. The fourth-order valence-electron chi connectivity index (χ4n) is 7.15. The van der Waals surface area contributed by atoms with Crippen LogP contribution in [0.2, 0.25) is 0 Å². The second-order valence-electron chi connectivity index (χ2n) is 11.8. The van der Waals surface area contributed by atoms with E-state index in [-0.39, 0.29) is 17.9 Å². The van der Waals surface area contributed by atoms with E-state index in [1.807, 2.05) is 47.1 Å². The van der Waals surface area contributed by atoms with Gasteiger partial charge in [-0.15, -0.1) is 0 Å². The van der Waals surface area contributed by atoms with Crippen molar-refractivity contribution in [3.63, 3.8) is 0 Å². The zero-order valence-corrected chi connectivity index (χ0v) is 22.9. The molecule has 1 saturated carbocycles. The Labute approximate surface area is 232 Å². The first-order valence-electron chi connectivity index (χ1n) is 14.1. The van der Waals surface area contributed by atoms with Crippen LogP contribution in [-0.4, -0.2) is 53.7 Å². The van der Waals surface area contributed by atoms with Crippen LogP contribution in [0.25, 0.3) is 0 Å². The van der Waals surface area contributed by atoms with Crippen molar-refractivity contribution in [3.05, 3.63) is 65.2 Å². The maximum atomic E-state index is 15.1. The van der Waals surface area contributed by atoms with Crippen molar-refractivity contribution in [2.45, 2.75) is 75.7 Å². The van der Waals surface area contributed by atoms with Gasteiger partial charge in [0.05, 0.1) is 12.0 Å². The quantitative estimate of drug-likeness (QED) is 0.425. The number of carboxylic acid groups (broad SMARTS) is 1. The molecule has 5 rings (SSSR count). The number of rotatable bonds is 6. The van der Waals surface area contributed by atoms with E-state index in [0.29, 0.717) is 70.8 Å². The summed E-state index contributed by atoms with van der Waals surface area (Å²) in [6, 6.07) is 13.9. The second kappa shape index (κ2) is 10.4. The highest BCUT2D eigenvalue weighted by Gasteiger charge is 2.57. The number of hydrogen-bond acceptors (Lipinski definition) is 3. The SMILES string of the molecule is CCN1CC2N(C(=O)C3CCC(C(=O)O)CC3)CCC2(Cc2ccccc2)c2ccc(C(C)(F)C(F)(F)F)cc21. The highest BCUT2D eigenvalue weighted by molar-refractivity contribution is 5.81. The van der Waals surface area contributed by atoms with Crippen LogP contribution in [0.4, 0.5) is 23.2 Å². The minimum absolute atomic E-state index is 0.0355.